The Bertz CT molecular complexity index is 600. The van der Waals surface area contributed by atoms with Gasteiger partial charge in [-0.05, 0) is 37.0 Å². The van der Waals surface area contributed by atoms with E-state index in [1.807, 2.05) is 30.0 Å². The smallest absolute Gasteiger partial charge is 0.227 e. The van der Waals surface area contributed by atoms with E-state index in [-0.39, 0.29) is 23.8 Å². The second-order valence-electron chi connectivity index (χ2n) is 6.13. The molecule has 2 atom stereocenters. The van der Waals surface area contributed by atoms with Crippen LogP contribution in [0.3, 0.4) is 0 Å². The molecule has 0 spiro atoms. The lowest BCUT2D eigenvalue weighted by Crippen LogP contribution is -2.49. The fraction of sp³-hybridized carbons (Fsp3) is 0.529. The molecule has 0 saturated carbocycles. The van der Waals surface area contributed by atoms with Crippen LogP contribution in [0.4, 0.5) is 0 Å². The highest BCUT2D eigenvalue weighted by Crippen LogP contribution is 2.28. The van der Waals surface area contributed by atoms with Gasteiger partial charge in [-0.25, -0.2) is 0 Å². The quantitative estimate of drug-likeness (QED) is 0.915. The molecular formula is C17H22N2O3. The van der Waals surface area contributed by atoms with E-state index in [0.29, 0.717) is 13.0 Å². The lowest BCUT2D eigenvalue weighted by atomic mass is 9.91. The fourth-order valence-corrected chi connectivity index (χ4v) is 3.51. The van der Waals surface area contributed by atoms with Crippen LogP contribution in [-0.4, -0.2) is 43.0 Å². The number of nitrogens with one attached hydrogen (secondary N) is 1. The number of carbonyl (C=O) groups is 2. The summed E-state index contributed by atoms with van der Waals surface area (Å²) >= 11 is 0. The number of nitrogens with zero attached hydrogens (tertiary/aromatic N) is 1. The molecule has 2 fully saturated rings. The molecule has 0 aliphatic carbocycles. The highest BCUT2D eigenvalue weighted by Gasteiger charge is 2.42. The number of piperidine rings is 1. The average molecular weight is 302 g/mol. The van der Waals surface area contributed by atoms with Gasteiger partial charge in [0.2, 0.25) is 11.8 Å². The molecule has 1 N–H and O–H groups in total. The molecule has 0 aromatic heterocycles. The number of hydrogen-bond donors (Lipinski definition) is 1. The molecule has 5 heteroatoms. The van der Waals surface area contributed by atoms with Gasteiger partial charge < -0.3 is 15.0 Å². The summed E-state index contributed by atoms with van der Waals surface area (Å²) in [5.74, 6) is 0.974. The fourth-order valence-electron chi connectivity index (χ4n) is 3.51. The number of benzene rings is 1. The number of likely N-dealkylation sites (tertiary alicyclic amines) is 1. The maximum Gasteiger partial charge on any atom is 0.227 e. The zero-order valence-electron chi connectivity index (χ0n) is 13.1. The van der Waals surface area contributed by atoms with Gasteiger partial charge in [0.05, 0.1) is 25.5 Å². The van der Waals surface area contributed by atoms with E-state index in [9.17, 15) is 9.59 Å². The molecule has 5 nitrogen and oxygen atoms in total. The van der Waals surface area contributed by atoms with Crippen molar-refractivity contribution >= 4 is 11.8 Å². The van der Waals surface area contributed by atoms with Crippen LogP contribution in [0.15, 0.2) is 18.2 Å². The first-order chi connectivity index (χ1) is 10.6. The number of amides is 2. The summed E-state index contributed by atoms with van der Waals surface area (Å²) < 4.78 is 5.32. The van der Waals surface area contributed by atoms with Crippen molar-refractivity contribution in [3.8, 4) is 5.75 Å². The third-order valence-electron chi connectivity index (χ3n) is 4.75. The van der Waals surface area contributed by atoms with Crippen molar-refractivity contribution in [1.82, 2.24) is 10.2 Å². The Hall–Kier alpha value is -2.04. The van der Waals surface area contributed by atoms with Crippen molar-refractivity contribution in [2.24, 2.45) is 5.92 Å². The van der Waals surface area contributed by atoms with Crippen LogP contribution in [-0.2, 0) is 16.0 Å². The molecule has 2 saturated heterocycles. The van der Waals surface area contributed by atoms with Crippen LogP contribution < -0.4 is 10.1 Å². The van der Waals surface area contributed by atoms with E-state index < -0.39 is 0 Å². The SMILES string of the molecule is COc1cc(CC(=O)N2CCC[C@H]3C(=O)NC[C@H]32)ccc1C. The minimum Gasteiger partial charge on any atom is -0.496 e. The number of hydrogen-bond acceptors (Lipinski definition) is 3. The molecule has 22 heavy (non-hydrogen) atoms. The Labute approximate surface area is 130 Å². The molecule has 1 aromatic rings. The topological polar surface area (TPSA) is 58.6 Å². The maximum atomic E-state index is 12.6. The van der Waals surface area contributed by atoms with Crippen LogP contribution in [0, 0.1) is 12.8 Å². The highest BCUT2D eigenvalue weighted by atomic mass is 16.5. The number of rotatable bonds is 3. The number of aryl methyl sites for hydroxylation is 1. The van der Waals surface area contributed by atoms with Crippen molar-refractivity contribution in [3.63, 3.8) is 0 Å². The van der Waals surface area contributed by atoms with Crippen molar-refractivity contribution in [3.05, 3.63) is 29.3 Å². The third-order valence-corrected chi connectivity index (χ3v) is 4.75. The van der Waals surface area contributed by atoms with Crippen molar-refractivity contribution in [2.75, 3.05) is 20.2 Å². The Morgan fingerprint density at radius 3 is 3.05 bits per heavy atom. The lowest BCUT2D eigenvalue weighted by Gasteiger charge is -2.36. The van der Waals surface area contributed by atoms with Crippen molar-refractivity contribution < 1.29 is 14.3 Å². The Morgan fingerprint density at radius 1 is 1.45 bits per heavy atom. The van der Waals surface area contributed by atoms with E-state index in [4.69, 9.17) is 4.74 Å². The predicted octanol–water partition coefficient (Wildman–Crippen LogP) is 1.28. The number of ether oxygens (including phenoxy) is 1. The van der Waals surface area contributed by atoms with E-state index in [0.717, 1.165) is 36.3 Å². The minimum atomic E-state index is -0.0229. The van der Waals surface area contributed by atoms with Crippen LogP contribution >= 0.6 is 0 Å². The number of fused-ring (bicyclic) bond motifs is 1. The zero-order valence-corrected chi connectivity index (χ0v) is 13.1. The summed E-state index contributed by atoms with van der Waals surface area (Å²) in [6, 6.07) is 5.89. The first kappa shape index (κ1) is 14.9. The van der Waals surface area contributed by atoms with E-state index in [1.54, 1.807) is 7.11 Å². The third kappa shape index (κ3) is 2.67. The van der Waals surface area contributed by atoms with Crippen LogP contribution in [0.1, 0.15) is 24.0 Å². The van der Waals surface area contributed by atoms with Gasteiger partial charge in [-0.3, -0.25) is 9.59 Å². The standard InChI is InChI=1S/C17H22N2O3/c1-11-5-6-12(8-15(11)22-2)9-16(20)19-7-3-4-13-14(19)10-18-17(13)21/h5-6,8,13-14H,3-4,7,9-10H2,1-2H3,(H,18,21)/t13-,14-/m1/s1. The second kappa shape index (κ2) is 5.99. The van der Waals surface area contributed by atoms with Gasteiger partial charge in [-0.15, -0.1) is 0 Å². The molecule has 2 aliphatic rings. The van der Waals surface area contributed by atoms with Crippen molar-refractivity contribution in [1.29, 1.82) is 0 Å². The van der Waals surface area contributed by atoms with Gasteiger partial charge in [-0.1, -0.05) is 12.1 Å². The maximum absolute atomic E-state index is 12.6. The second-order valence-corrected chi connectivity index (χ2v) is 6.13. The van der Waals surface area contributed by atoms with Crippen LogP contribution in [0.2, 0.25) is 0 Å². The number of methoxy groups -OCH3 is 1. The van der Waals surface area contributed by atoms with Crippen LogP contribution in [0.25, 0.3) is 0 Å². The predicted molar refractivity (Wildman–Crippen MR) is 82.7 cm³/mol. The van der Waals surface area contributed by atoms with E-state index >= 15 is 0 Å². The monoisotopic (exact) mass is 302 g/mol. The molecule has 0 radical (unpaired) electrons. The molecule has 1 aromatic carbocycles. The summed E-state index contributed by atoms with van der Waals surface area (Å²) in [7, 11) is 1.64. The Balaban J connectivity index is 1.73. The largest absolute Gasteiger partial charge is 0.496 e. The lowest BCUT2D eigenvalue weighted by molar-refractivity contribution is -0.136. The first-order valence-electron chi connectivity index (χ1n) is 7.81. The molecular weight excluding hydrogens is 280 g/mol. The Kier molecular flexibility index (Phi) is 4.05. The van der Waals surface area contributed by atoms with Gasteiger partial charge in [0.15, 0.2) is 0 Å². The van der Waals surface area contributed by atoms with Gasteiger partial charge in [0.25, 0.3) is 0 Å². The van der Waals surface area contributed by atoms with Gasteiger partial charge in [0, 0.05) is 13.1 Å². The number of carbonyl (C=O) groups excluding carboxylic acids is 2. The summed E-state index contributed by atoms with van der Waals surface area (Å²) in [4.78, 5) is 26.3. The Morgan fingerprint density at radius 2 is 2.27 bits per heavy atom. The zero-order chi connectivity index (χ0) is 15.7. The normalized spacial score (nSPS) is 23.9. The highest BCUT2D eigenvalue weighted by molar-refractivity contribution is 5.85. The summed E-state index contributed by atoms with van der Waals surface area (Å²) in [5.41, 5.74) is 2.01. The van der Waals surface area contributed by atoms with E-state index in [1.165, 1.54) is 0 Å². The molecule has 2 aliphatic heterocycles. The first-order valence-corrected chi connectivity index (χ1v) is 7.81. The van der Waals surface area contributed by atoms with E-state index in [2.05, 4.69) is 5.32 Å². The van der Waals surface area contributed by atoms with Gasteiger partial charge >= 0.3 is 0 Å². The average Bonchev–Trinajstić information content (AvgIpc) is 2.90. The van der Waals surface area contributed by atoms with Gasteiger partial charge in [0.1, 0.15) is 5.75 Å². The summed E-state index contributed by atoms with van der Waals surface area (Å²) in [5, 5.41) is 2.88. The van der Waals surface area contributed by atoms with Gasteiger partial charge in [-0.2, -0.15) is 0 Å². The molecule has 118 valence electrons. The molecule has 3 rings (SSSR count). The molecule has 2 heterocycles. The van der Waals surface area contributed by atoms with Crippen LogP contribution in [0.5, 0.6) is 5.75 Å². The minimum absolute atomic E-state index is 0.0229. The van der Waals surface area contributed by atoms with Crippen molar-refractivity contribution in [2.45, 2.75) is 32.2 Å². The summed E-state index contributed by atoms with van der Waals surface area (Å²) in [6.07, 6.45) is 2.14. The molecule has 2 amide bonds. The summed E-state index contributed by atoms with van der Waals surface area (Å²) in [6.45, 7) is 3.32. The molecule has 0 bridgehead atoms. The molecule has 0 unspecified atom stereocenters.